The fourth-order valence-corrected chi connectivity index (χ4v) is 3.54. The van der Waals surface area contributed by atoms with Gasteiger partial charge >= 0.3 is 0 Å². The molecule has 0 saturated heterocycles. The van der Waals surface area contributed by atoms with Crippen molar-refractivity contribution in [2.45, 2.75) is 23.8 Å². The molecule has 1 heterocycles. The van der Waals surface area contributed by atoms with Gasteiger partial charge in [0.05, 0.1) is 0 Å². The molecule has 0 aromatic heterocycles. The van der Waals surface area contributed by atoms with E-state index in [1.165, 1.54) is 21.7 Å². The zero-order chi connectivity index (χ0) is 14.7. The Hall–Kier alpha value is -1.45. The summed E-state index contributed by atoms with van der Waals surface area (Å²) in [6.45, 7) is 2.82. The predicted octanol–water partition coefficient (Wildman–Crippen LogP) is 3.86. The maximum atomic E-state index is 5.77. The molecule has 0 saturated carbocycles. The summed E-state index contributed by atoms with van der Waals surface area (Å²) in [4.78, 5) is 3.81. The summed E-state index contributed by atoms with van der Waals surface area (Å²) in [5, 5.41) is 0. The molecule has 2 N–H and O–H groups in total. The summed E-state index contributed by atoms with van der Waals surface area (Å²) in [5.74, 6) is 0.580. The molecule has 0 bridgehead atoms. The van der Waals surface area contributed by atoms with Gasteiger partial charge in [-0.25, -0.2) is 0 Å². The van der Waals surface area contributed by atoms with Crippen LogP contribution in [0.25, 0.3) is 0 Å². The van der Waals surface area contributed by atoms with Gasteiger partial charge in [0, 0.05) is 29.6 Å². The van der Waals surface area contributed by atoms with Crippen molar-refractivity contribution < 1.29 is 0 Å². The molecule has 21 heavy (non-hydrogen) atoms. The van der Waals surface area contributed by atoms with E-state index in [0.29, 0.717) is 5.92 Å². The molecular weight excluding hydrogens is 276 g/mol. The highest BCUT2D eigenvalue weighted by Gasteiger charge is 2.27. The zero-order valence-corrected chi connectivity index (χ0v) is 13.3. The number of nitrogens with two attached hydrogens (primary N) is 1. The first kappa shape index (κ1) is 14.5. The van der Waals surface area contributed by atoms with Gasteiger partial charge in [0.25, 0.3) is 0 Å². The average molecular weight is 298 g/mol. The molecule has 2 nitrogen and oxygen atoms in total. The molecule has 3 rings (SSSR count). The van der Waals surface area contributed by atoms with Crippen molar-refractivity contribution in [3.8, 4) is 0 Å². The number of hydrogen-bond acceptors (Lipinski definition) is 3. The molecule has 1 unspecified atom stereocenters. The van der Waals surface area contributed by atoms with E-state index < -0.39 is 0 Å². The van der Waals surface area contributed by atoms with Crippen molar-refractivity contribution in [2.24, 2.45) is 5.73 Å². The Morgan fingerprint density at radius 1 is 1.14 bits per heavy atom. The van der Waals surface area contributed by atoms with Crippen LogP contribution in [0, 0.1) is 0 Å². The summed E-state index contributed by atoms with van der Waals surface area (Å²) in [5.41, 5.74) is 9.99. The lowest BCUT2D eigenvalue weighted by Crippen LogP contribution is -2.22. The number of anilines is 1. The highest BCUT2D eigenvalue weighted by Crippen LogP contribution is 2.38. The molecule has 0 spiro atoms. The molecule has 1 atom stereocenters. The van der Waals surface area contributed by atoms with Gasteiger partial charge in [0.15, 0.2) is 0 Å². The second-order valence-corrected chi connectivity index (χ2v) is 6.44. The van der Waals surface area contributed by atoms with Crippen LogP contribution in [0.3, 0.4) is 0 Å². The number of para-hydroxylation sites is 1. The number of benzene rings is 2. The van der Waals surface area contributed by atoms with Gasteiger partial charge < -0.3 is 10.6 Å². The third kappa shape index (κ3) is 3.09. The van der Waals surface area contributed by atoms with Crippen molar-refractivity contribution in [2.75, 3.05) is 24.2 Å². The Labute approximate surface area is 131 Å². The second kappa shape index (κ2) is 6.54. The number of rotatable bonds is 5. The van der Waals surface area contributed by atoms with Crippen LogP contribution >= 0.6 is 11.8 Å². The van der Waals surface area contributed by atoms with Gasteiger partial charge in [0.1, 0.15) is 0 Å². The summed E-state index contributed by atoms with van der Waals surface area (Å²) in [6.07, 6.45) is 3.18. The molecule has 1 aliphatic heterocycles. The normalized spacial score (nSPS) is 17.0. The van der Waals surface area contributed by atoms with Gasteiger partial charge in [-0.05, 0) is 48.5 Å². The molecular formula is C18H22N2S. The van der Waals surface area contributed by atoms with Crippen molar-refractivity contribution >= 4 is 17.4 Å². The first-order valence-corrected chi connectivity index (χ1v) is 8.71. The van der Waals surface area contributed by atoms with E-state index in [0.717, 1.165) is 26.1 Å². The average Bonchev–Trinajstić information content (AvgIpc) is 2.87. The lowest BCUT2D eigenvalue weighted by Gasteiger charge is -2.20. The Morgan fingerprint density at radius 2 is 1.90 bits per heavy atom. The minimum Gasteiger partial charge on any atom is -0.366 e. The number of thioether (sulfide) groups is 1. The van der Waals surface area contributed by atoms with E-state index in [1.807, 2.05) is 0 Å². The van der Waals surface area contributed by atoms with E-state index in [9.17, 15) is 0 Å². The van der Waals surface area contributed by atoms with Gasteiger partial charge in [-0.3, -0.25) is 0 Å². The Kier molecular flexibility index (Phi) is 4.51. The minimum atomic E-state index is 0.580. The smallest absolute Gasteiger partial charge is 0.0429 e. The number of hydrogen-bond donors (Lipinski definition) is 1. The number of fused-ring (bicyclic) bond motifs is 1. The summed E-state index contributed by atoms with van der Waals surface area (Å²) in [7, 11) is 0. The minimum absolute atomic E-state index is 0.580. The van der Waals surface area contributed by atoms with Crippen LogP contribution in [0.5, 0.6) is 0 Å². The van der Waals surface area contributed by atoms with Crippen molar-refractivity contribution in [3.63, 3.8) is 0 Å². The van der Waals surface area contributed by atoms with Gasteiger partial charge in [-0.1, -0.05) is 30.3 Å². The molecule has 0 amide bonds. The molecule has 1 aliphatic rings. The molecule has 2 aromatic carbocycles. The Morgan fingerprint density at radius 3 is 2.62 bits per heavy atom. The van der Waals surface area contributed by atoms with Crippen LogP contribution in [0.2, 0.25) is 0 Å². The monoisotopic (exact) mass is 298 g/mol. The summed E-state index contributed by atoms with van der Waals surface area (Å²) < 4.78 is 0. The standard InChI is InChI=1S/C18H22N2S/c1-21-16-8-6-14(7-9-16)12-20-13-15(10-11-19)17-4-2-3-5-18(17)20/h2-9,15H,10-13,19H2,1H3. The van der Waals surface area contributed by atoms with Crippen LogP contribution in [-0.2, 0) is 6.54 Å². The largest absolute Gasteiger partial charge is 0.366 e. The Bertz CT molecular complexity index is 594. The van der Waals surface area contributed by atoms with Crippen LogP contribution in [0.4, 0.5) is 5.69 Å². The van der Waals surface area contributed by atoms with Gasteiger partial charge in [-0.15, -0.1) is 11.8 Å². The maximum absolute atomic E-state index is 5.77. The second-order valence-electron chi connectivity index (χ2n) is 5.56. The van der Waals surface area contributed by atoms with Crippen LogP contribution in [-0.4, -0.2) is 19.3 Å². The summed E-state index contributed by atoms with van der Waals surface area (Å²) in [6, 6.07) is 17.7. The van der Waals surface area contributed by atoms with E-state index in [1.54, 1.807) is 11.8 Å². The first-order valence-electron chi connectivity index (χ1n) is 7.48. The fraction of sp³-hybridized carbons (Fsp3) is 0.333. The molecule has 0 radical (unpaired) electrons. The fourth-order valence-electron chi connectivity index (χ4n) is 3.13. The van der Waals surface area contributed by atoms with Crippen LogP contribution in [0.1, 0.15) is 23.5 Å². The van der Waals surface area contributed by atoms with Crippen molar-refractivity contribution in [1.82, 2.24) is 0 Å². The van der Waals surface area contributed by atoms with Crippen LogP contribution in [0.15, 0.2) is 53.4 Å². The molecule has 110 valence electrons. The van der Waals surface area contributed by atoms with Crippen molar-refractivity contribution in [1.29, 1.82) is 0 Å². The first-order chi connectivity index (χ1) is 10.3. The lowest BCUT2D eigenvalue weighted by atomic mass is 9.98. The third-order valence-corrected chi connectivity index (χ3v) is 4.95. The maximum Gasteiger partial charge on any atom is 0.0429 e. The number of nitrogens with zero attached hydrogens (tertiary/aromatic N) is 1. The van der Waals surface area contributed by atoms with Gasteiger partial charge in [-0.2, -0.15) is 0 Å². The highest BCUT2D eigenvalue weighted by molar-refractivity contribution is 7.98. The van der Waals surface area contributed by atoms with Gasteiger partial charge in [0.2, 0.25) is 0 Å². The Balaban J connectivity index is 1.79. The molecule has 0 aliphatic carbocycles. The molecule has 2 aromatic rings. The third-order valence-electron chi connectivity index (χ3n) is 4.21. The predicted molar refractivity (Wildman–Crippen MR) is 92.1 cm³/mol. The summed E-state index contributed by atoms with van der Waals surface area (Å²) >= 11 is 1.79. The van der Waals surface area contributed by atoms with E-state index in [4.69, 9.17) is 5.73 Å². The lowest BCUT2D eigenvalue weighted by molar-refractivity contribution is 0.644. The van der Waals surface area contributed by atoms with E-state index >= 15 is 0 Å². The SMILES string of the molecule is CSc1ccc(CN2CC(CCN)c3ccccc32)cc1. The topological polar surface area (TPSA) is 29.3 Å². The van der Waals surface area contributed by atoms with Crippen LogP contribution < -0.4 is 10.6 Å². The van der Waals surface area contributed by atoms with E-state index in [2.05, 4.69) is 59.7 Å². The van der Waals surface area contributed by atoms with E-state index in [-0.39, 0.29) is 0 Å². The quantitative estimate of drug-likeness (QED) is 0.850. The van der Waals surface area contributed by atoms with Crippen molar-refractivity contribution in [3.05, 3.63) is 59.7 Å². The molecule has 0 fully saturated rings. The highest BCUT2D eigenvalue weighted by atomic mass is 32.2. The zero-order valence-electron chi connectivity index (χ0n) is 12.5. The molecule has 3 heteroatoms.